The molecule has 0 atom stereocenters. The number of allylic oxidation sites excluding steroid dienone is 1. The van der Waals surface area contributed by atoms with Gasteiger partial charge in [0.1, 0.15) is 0 Å². The number of hydrogen-bond acceptors (Lipinski definition) is 4. The van der Waals surface area contributed by atoms with E-state index in [1.54, 1.807) is 30.3 Å². The van der Waals surface area contributed by atoms with Crippen molar-refractivity contribution in [2.45, 2.75) is 23.1 Å². The summed E-state index contributed by atoms with van der Waals surface area (Å²) in [6.45, 7) is 5.63. The highest BCUT2D eigenvalue weighted by atomic mass is 32.2. The zero-order chi connectivity index (χ0) is 21.6. The van der Waals surface area contributed by atoms with Crippen molar-refractivity contribution in [2.24, 2.45) is 0 Å². The maximum atomic E-state index is 13.5. The Labute approximate surface area is 182 Å². The number of thioether (sulfide) groups is 1. The number of sulfonamides is 1. The molecule has 0 saturated heterocycles. The van der Waals surface area contributed by atoms with Crippen molar-refractivity contribution in [1.82, 2.24) is 0 Å². The Kier molecular flexibility index (Phi) is 7.13. The van der Waals surface area contributed by atoms with Gasteiger partial charge >= 0.3 is 0 Å². The van der Waals surface area contributed by atoms with Crippen LogP contribution in [0.25, 0.3) is 0 Å². The van der Waals surface area contributed by atoms with Crippen molar-refractivity contribution < 1.29 is 13.2 Å². The molecule has 3 aromatic rings. The van der Waals surface area contributed by atoms with Crippen molar-refractivity contribution in [1.29, 1.82) is 0 Å². The van der Waals surface area contributed by atoms with Crippen LogP contribution in [0.4, 0.5) is 5.69 Å². The summed E-state index contributed by atoms with van der Waals surface area (Å²) in [5.41, 5.74) is 2.02. The molecule has 3 aromatic carbocycles. The minimum atomic E-state index is -4.08. The van der Waals surface area contributed by atoms with Gasteiger partial charge in [0.15, 0.2) is 0 Å². The predicted molar refractivity (Wildman–Crippen MR) is 123 cm³/mol. The monoisotopic (exact) mass is 437 g/mol. The highest BCUT2D eigenvalue weighted by Gasteiger charge is 2.32. The minimum Gasteiger partial charge on any atom is -0.272 e. The van der Waals surface area contributed by atoms with Gasteiger partial charge in [0.05, 0.1) is 16.3 Å². The van der Waals surface area contributed by atoms with E-state index in [9.17, 15) is 13.2 Å². The smallest absolute Gasteiger partial charge is 0.270 e. The van der Waals surface area contributed by atoms with E-state index in [0.29, 0.717) is 12.1 Å². The summed E-state index contributed by atoms with van der Waals surface area (Å²) in [5, 5.41) is 0. The number of rotatable bonds is 8. The molecule has 4 nitrogen and oxygen atoms in total. The Morgan fingerprint density at radius 2 is 1.60 bits per heavy atom. The molecule has 0 radical (unpaired) electrons. The lowest BCUT2D eigenvalue weighted by molar-refractivity contribution is -0.115. The van der Waals surface area contributed by atoms with Crippen LogP contribution in [0.1, 0.15) is 11.1 Å². The minimum absolute atomic E-state index is 0.00245. The number of aryl methyl sites for hydroxylation is 1. The molecule has 0 saturated carbocycles. The Balaban J connectivity index is 2.03. The fourth-order valence-corrected chi connectivity index (χ4v) is 5.28. The third-order valence-corrected chi connectivity index (χ3v) is 7.21. The highest BCUT2D eigenvalue weighted by molar-refractivity contribution is 8.00. The number of para-hydroxylation sites is 1. The molecular formula is C24H23NO3S2. The summed E-state index contributed by atoms with van der Waals surface area (Å²) in [4.78, 5) is 14.2. The van der Waals surface area contributed by atoms with E-state index < -0.39 is 15.9 Å². The van der Waals surface area contributed by atoms with Gasteiger partial charge in [0.2, 0.25) is 0 Å². The molecule has 0 heterocycles. The molecule has 0 N–H and O–H groups in total. The van der Waals surface area contributed by atoms with Gasteiger partial charge in [-0.3, -0.25) is 4.79 Å². The van der Waals surface area contributed by atoms with Crippen LogP contribution in [0.5, 0.6) is 0 Å². The average Bonchev–Trinajstić information content (AvgIpc) is 2.75. The third kappa shape index (κ3) is 5.01. The van der Waals surface area contributed by atoms with Gasteiger partial charge in [-0.1, -0.05) is 60.2 Å². The number of benzene rings is 3. The normalized spacial score (nSPS) is 11.1. The maximum absolute atomic E-state index is 13.5. The second-order valence-corrected chi connectivity index (χ2v) is 9.53. The van der Waals surface area contributed by atoms with Crippen molar-refractivity contribution in [3.05, 3.63) is 103 Å². The van der Waals surface area contributed by atoms with E-state index in [1.165, 1.54) is 23.9 Å². The van der Waals surface area contributed by atoms with Gasteiger partial charge in [0, 0.05) is 4.90 Å². The molecular weight excluding hydrogens is 414 g/mol. The van der Waals surface area contributed by atoms with Crippen LogP contribution in [0.15, 0.2) is 101 Å². The van der Waals surface area contributed by atoms with E-state index in [-0.39, 0.29) is 10.6 Å². The summed E-state index contributed by atoms with van der Waals surface area (Å²) in [6, 6.07) is 23.0. The topological polar surface area (TPSA) is 54.5 Å². The lowest BCUT2D eigenvalue weighted by atomic mass is 10.1. The third-order valence-electron chi connectivity index (χ3n) is 4.47. The van der Waals surface area contributed by atoms with Crippen LogP contribution in [0, 0.1) is 6.92 Å². The number of nitrogens with zero attached hydrogens (tertiary/aromatic N) is 1. The van der Waals surface area contributed by atoms with Crippen molar-refractivity contribution in [3.63, 3.8) is 0 Å². The largest absolute Gasteiger partial charge is 0.272 e. The van der Waals surface area contributed by atoms with Crippen LogP contribution in [-0.2, 0) is 21.2 Å². The zero-order valence-electron chi connectivity index (χ0n) is 16.7. The molecule has 0 unspecified atom stereocenters. The quantitative estimate of drug-likeness (QED) is 0.357. The number of anilines is 1. The SMILES string of the molecule is C=CCc1ccccc1N(C(=O)CSc1ccccc1)S(=O)(=O)c1ccc(C)cc1. The number of carbonyl (C=O) groups is 1. The number of carbonyl (C=O) groups excluding carboxylic acids is 1. The molecule has 0 aliphatic heterocycles. The van der Waals surface area contributed by atoms with Crippen LogP contribution in [0.2, 0.25) is 0 Å². The van der Waals surface area contributed by atoms with E-state index in [4.69, 9.17) is 0 Å². The fourth-order valence-electron chi connectivity index (χ4n) is 2.97. The molecule has 0 aliphatic rings. The first-order valence-electron chi connectivity index (χ1n) is 9.45. The average molecular weight is 438 g/mol. The van der Waals surface area contributed by atoms with Gasteiger partial charge < -0.3 is 0 Å². The predicted octanol–water partition coefficient (Wildman–Crippen LogP) is 5.24. The molecule has 0 spiro atoms. The Morgan fingerprint density at radius 1 is 0.967 bits per heavy atom. The van der Waals surface area contributed by atoms with Crippen LogP contribution in [-0.4, -0.2) is 20.1 Å². The van der Waals surface area contributed by atoms with Gasteiger partial charge in [-0.25, -0.2) is 12.7 Å². The number of amides is 1. The molecule has 154 valence electrons. The van der Waals surface area contributed by atoms with Gasteiger partial charge in [-0.2, -0.15) is 0 Å². The first kappa shape index (κ1) is 21.9. The molecule has 0 aliphatic carbocycles. The lowest BCUT2D eigenvalue weighted by Gasteiger charge is -2.25. The molecule has 0 aromatic heterocycles. The standard InChI is InChI=1S/C24H23NO3S2/c1-3-9-20-10-7-8-13-23(20)25(24(26)18-29-21-11-5-4-6-12-21)30(27,28)22-16-14-19(2)15-17-22/h3-8,10-17H,1,9,18H2,2H3. The maximum Gasteiger partial charge on any atom is 0.270 e. The molecule has 30 heavy (non-hydrogen) atoms. The summed E-state index contributed by atoms with van der Waals surface area (Å²) in [7, 11) is -4.08. The van der Waals surface area contributed by atoms with Crippen molar-refractivity contribution in [2.75, 3.05) is 10.1 Å². The number of hydrogen-bond donors (Lipinski definition) is 0. The molecule has 6 heteroatoms. The first-order chi connectivity index (χ1) is 14.4. The van der Waals surface area contributed by atoms with Gasteiger partial charge in [-0.05, 0) is 49.2 Å². The molecule has 0 fully saturated rings. The molecule has 3 rings (SSSR count). The highest BCUT2D eigenvalue weighted by Crippen LogP contribution is 2.30. The van der Waals surface area contributed by atoms with Crippen LogP contribution >= 0.6 is 11.8 Å². The van der Waals surface area contributed by atoms with Crippen LogP contribution in [0.3, 0.4) is 0 Å². The van der Waals surface area contributed by atoms with E-state index in [2.05, 4.69) is 6.58 Å². The second-order valence-electron chi connectivity index (χ2n) is 6.70. The Bertz CT molecular complexity index is 1120. The second kappa shape index (κ2) is 9.78. The first-order valence-corrected chi connectivity index (χ1v) is 11.9. The summed E-state index contributed by atoms with van der Waals surface area (Å²) in [6.07, 6.45) is 2.15. The fraction of sp³-hybridized carbons (Fsp3) is 0.125. The van der Waals surface area contributed by atoms with E-state index in [1.807, 2.05) is 49.4 Å². The Morgan fingerprint density at radius 3 is 2.27 bits per heavy atom. The zero-order valence-corrected chi connectivity index (χ0v) is 18.3. The van der Waals surface area contributed by atoms with Crippen molar-refractivity contribution in [3.8, 4) is 0 Å². The lowest BCUT2D eigenvalue weighted by Crippen LogP contribution is -2.38. The summed E-state index contributed by atoms with van der Waals surface area (Å²) < 4.78 is 28.0. The van der Waals surface area contributed by atoms with E-state index >= 15 is 0 Å². The van der Waals surface area contributed by atoms with Gasteiger partial charge in [-0.15, -0.1) is 18.3 Å². The molecule has 1 amide bonds. The van der Waals surface area contributed by atoms with E-state index in [0.717, 1.165) is 20.3 Å². The molecule has 0 bridgehead atoms. The Hall–Kier alpha value is -2.83. The van der Waals surface area contributed by atoms with Gasteiger partial charge in [0.25, 0.3) is 15.9 Å². The summed E-state index contributed by atoms with van der Waals surface area (Å²) >= 11 is 1.31. The van der Waals surface area contributed by atoms with Crippen LogP contribution < -0.4 is 4.31 Å². The summed E-state index contributed by atoms with van der Waals surface area (Å²) in [5.74, 6) is -0.502. The van der Waals surface area contributed by atoms with Crippen molar-refractivity contribution >= 4 is 33.4 Å².